The second-order valence-electron chi connectivity index (χ2n) is 8.46. The fourth-order valence-corrected chi connectivity index (χ4v) is 4.35. The monoisotopic (exact) mass is 466 g/mol. The molecule has 0 aliphatic heterocycles. The molecule has 0 spiro atoms. The van der Waals surface area contributed by atoms with Crippen LogP contribution in [0.3, 0.4) is 0 Å². The first-order valence-electron chi connectivity index (χ1n) is 11.7. The molecule has 172 valence electrons. The average molecular weight is 467 g/mol. The lowest BCUT2D eigenvalue weighted by Crippen LogP contribution is -2.19. The van der Waals surface area contributed by atoms with Crippen molar-refractivity contribution in [3.8, 4) is 22.5 Å². The lowest BCUT2D eigenvalue weighted by Gasteiger charge is -2.13. The standard InChI is InChI=1S/C31H22N4O/c36-31(35-26-17-9-15-21-10-7-8-16-25(21)26)32-24-18-19-27-28(20-24)34-30(23-13-5-2-6-14-23)29(33-27)22-11-3-1-4-12-22/h1-20H,(H2,32,35,36). The molecular weight excluding hydrogens is 444 g/mol. The SMILES string of the molecule is O=C(Nc1ccc2nc(-c3ccccc3)c(-c3ccccc3)nc2c1)Nc1cccc2ccccc12. The summed E-state index contributed by atoms with van der Waals surface area (Å²) in [4.78, 5) is 22.8. The van der Waals surface area contributed by atoms with Crippen LogP contribution < -0.4 is 10.6 Å². The number of hydrogen-bond acceptors (Lipinski definition) is 3. The summed E-state index contributed by atoms with van der Waals surface area (Å²) >= 11 is 0. The summed E-state index contributed by atoms with van der Waals surface area (Å²) in [6.45, 7) is 0. The van der Waals surface area contributed by atoms with Crippen LogP contribution in [0.4, 0.5) is 16.2 Å². The molecule has 5 heteroatoms. The highest BCUT2D eigenvalue weighted by molar-refractivity contribution is 6.06. The first-order valence-corrected chi connectivity index (χ1v) is 11.7. The van der Waals surface area contributed by atoms with Crippen molar-refractivity contribution >= 4 is 39.2 Å². The molecule has 2 N–H and O–H groups in total. The molecular formula is C31H22N4O. The quantitative estimate of drug-likeness (QED) is 0.279. The van der Waals surface area contributed by atoms with Gasteiger partial charge in [0.25, 0.3) is 0 Å². The number of hydrogen-bond donors (Lipinski definition) is 2. The van der Waals surface area contributed by atoms with E-state index in [9.17, 15) is 4.79 Å². The number of nitrogens with zero attached hydrogens (tertiary/aromatic N) is 2. The summed E-state index contributed by atoms with van der Waals surface area (Å²) in [6.07, 6.45) is 0. The third kappa shape index (κ3) is 4.26. The molecule has 5 nitrogen and oxygen atoms in total. The van der Waals surface area contributed by atoms with Gasteiger partial charge >= 0.3 is 6.03 Å². The van der Waals surface area contributed by atoms with E-state index >= 15 is 0 Å². The Labute approximate surface area is 208 Å². The zero-order valence-electron chi connectivity index (χ0n) is 19.3. The molecule has 0 radical (unpaired) electrons. The van der Waals surface area contributed by atoms with E-state index in [2.05, 4.69) is 10.6 Å². The summed E-state index contributed by atoms with van der Waals surface area (Å²) in [7, 11) is 0. The van der Waals surface area contributed by atoms with Gasteiger partial charge in [-0.2, -0.15) is 0 Å². The van der Waals surface area contributed by atoms with Crippen molar-refractivity contribution in [2.45, 2.75) is 0 Å². The largest absolute Gasteiger partial charge is 0.323 e. The van der Waals surface area contributed by atoms with Gasteiger partial charge in [0, 0.05) is 22.2 Å². The summed E-state index contributed by atoms with van der Waals surface area (Å²) in [5.41, 5.74) is 6.46. The van der Waals surface area contributed by atoms with Gasteiger partial charge in [-0.05, 0) is 29.7 Å². The summed E-state index contributed by atoms with van der Waals surface area (Å²) < 4.78 is 0. The number of aromatic nitrogens is 2. The van der Waals surface area contributed by atoms with Gasteiger partial charge < -0.3 is 10.6 Å². The number of urea groups is 1. The second kappa shape index (κ2) is 9.31. The smallest absolute Gasteiger partial charge is 0.308 e. The van der Waals surface area contributed by atoms with Crippen LogP contribution in [0.2, 0.25) is 0 Å². The van der Waals surface area contributed by atoms with E-state index in [0.29, 0.717) is 11.2 Å². The number of carbonyl (C=O) groups excluding carboxylic acids is 1. The van der Waals surface area contributed by atoms with Gasteiger partial charge in [0.1, 0.15) is 0 Å². The zero-order valence-corrected chi connectivity index (χ0v) is 19.3. The Kier molecular flexibility index (Phi) is 5.56. The predicted octanol–water partition coefficient (Wildman–Crippen LogP) is 7.76. The number of anilines is 2. The van der Waals surface area contributed by atoms with Gasteiger partial charge in [0.2, 0.25) is 0 Å². The zero-order chi connectivity index (χ0) is 24.3. The molecule has 0 saturated heterocycles. The fraction of sp³-hybridized carbons (Fsp3) is 0. The van der Waals surface area contributed by atoms with Gasteiger partial charge in [-0.3, -0.25) is 0 Å². The Morgan fingerprint density at radius 1 is 0.556 bits per heavy atom. The van der Waals surface area contributed by atoms with Gasteiger partial charge in [-0.25, -0.2) is 14.8 Å². The van der Waals surface area contributed by atoms with Crippen molar-refractivity contribution < 1.29 is 4.79 Å². The maximum atomic E-state index is 12.8. The number of carbonyl (C=O) groups is 1. The molecule has 1 heterocycles. The average Bonchev–Trinajstić information content (AvgIpc) is 2.93. The molecule has 0 aliphatic carbocycles. The van der Waals surface area contributed by atoms with Crippen molar-refractivity contribution in [3.63, 3.8) is 0 Å². The van der Waals surface area contributed by atoms with E-state index < -0.39 is 0 Å². The van der Waals surface area contributed by atoms with Crippen LogP contribution in [-0.4, -0.2) is 16.0 Å². The third-order valence-electron chi connectivity index (χ3n) is 6.05. The first-order chi connectivity index (χ1) is 17.7. The van der Waals surface area contributed by atoms with Gasteiger partial charge in [-0.1, -0.05) is 97.1 Å². The second-order valence-corrected chi connectivity index (χ2v) is 8.46. The van der Waals surface area contributed by atoms with Crippen LogP contribution in [0, 0.1) is 0 Å². The number of nitrogens with one attached hydrogen (secondary N) is 2. The fourth-order valence-electron chi connectivity index (χ4n) is 4.35. The molecule has 5 aromatic carbocycles. The van der Waals surface area contributed by atoms with Gasteiger partial charge in [-0.15, -0.1) is 0 Å². The highest BCUT2D eigenvalue weighted by Gasteiger charge is 2.14. The van der Waals surface area contributed by atoms with Gasteiger partial charge in [0.05, 0.1) is 28.1 Å². The molecule has 0 saturated carbocycles. The first kappa shape index (κ1) is 21.5. The summed E-state index contributed by atoms with van der Waals surface area (Å²) in [6, 6.07) is 39.2. The van der Waals surface area contributed by atoms with E-state index in [1.165, 1.54) is 0 Å². The van der Waals surface area contributed by atoms with E-state index in [-0.39, 0.29) is 6.03 Å². The lowest BCUT2D eigenvalue weighted by molar-refractivity contribution is 0.262. The molecule has 6 aromatic rings. The summed E-state index contributed by atoms with van der Waals surface area (Å²) in [5, 5.41) is 7.95. The molecule has 2 amide bonds. The minimum absolute atomic E-state index is 0.317. The van der Waals surface area contributed by atoms with E-state index in [0.717, 1.165) is 44.5 Å². The Balaban J connectivity index is 1.34. The Morgan fingerprint density at radius 2 is 1.17 bits per heavy atom. The highest BCUT2D eigenvalue weighted by Crippen LogP contribution is 2.31. The molecule has 1 aromatic heterocycles. The van der Waals surface area contributed by atoms with Crippen molar-refractivity contribution in [1.29, 1.82) is 0 Å². The minimum Gasteiger partial charge on any atom is -0.308 e. The molecule has 36 heavy (non-hydrogen) atoms. The molecule has 0 bridgehead atoms. The molecule has 0 fully saturated rings. The number of amides is 2. The topological polar surface area (TPSA) is 66.9 Å². The predicted molar refractivity (Wildman–Crippen MR) is 147 cm³/mol. The number of benzene rings is 5. The van der Waals surface area contributed by atoms with Crippen molar-refractivity contribution in [1.82, 2.24) is 9.97 Å². The lowest BCUT2D eigenvalue weighted by atomic mass is 10.0. The molecule has 0 unspecified atom stereocenters. The van der Waals surface area contributed by atoms with Crippen LogP contribution in [0.5, 0.6) is 0 Å². The number of rotatable bonds is 4. The van der Waals surface area contributed by atoms with E-state index in [1.807, 2.05) is 121 Å². The van der Waals surface area contributed by atoms with Crippen molar-refractivity contribution in [2.24, 2.45) is 0 Å². The third-order valence-corrected chi connectivity index (χ3v) is 6.05. The van der Waals surface area contributed by atoms with Crippen LogP contribution in [0.15, 0.2) is 121 Å². The Morgan fingerprint density at radius 3 is 1.89 bits per heavy atom. The maximum absolute atomic E-state index is 12.8. The summed E-state index contributed by atoms with van der Waals surface area (Å²) in [5.74, 6) is 0. The van der Waals surface area contributed by atoms with Crippen molar-refractivity contribution in [2.75, 3.05) is 10.6 Å². The minimum atomic E-state index is -0.317. The number of fused-ring (bicyclic) bond motifs is 2. The van der Waals surface area contributed by atoms with Crippen LogP contribution in [0.25, 0.3) is 44.3 Å². The van der Waals surface area contributed by atoms with Crippen LogP contribution >= 0.6 is 0 Å². The van der Waals surface area contributed by atoms with E-state index in [1.54, 1.807) is 0 Å². The molecule has 0 atom stereocenters. The van der Waals surface area contributed by atoms with Gasteiger partial charge in [0.15, 0.2) is 0 Å². The van der Waals surface area contributed by atoms with Crippen molar-refractivity contribution in [3.05, 3.63) is 121 Å². The molecule has 0 aliphatic rings. The molecule has 6 rings (SSSR count). The normalized spacial score (nSPS) is 10.9. The Hall–Kier alpha value is -5.03. The van der Waals surface area contributed by atoms with Crippen LogP contribution in [0.1, 0.15) is 0 Å². The van der Waals surface area contributed by atoms with Crippen LogP contribution in [-0.2, 0) is 0 Å². The Bertz CT molecular complexity index is 1690. The maximum Gasteiger partial charge on any atom is 0.323 e. The van der Waals surface area contributed by atoms with E-state index in [4.69, 9.17) is 9.97 Å². The highest BCUT2D eigenvalue weighted by atomic mass is 16.2.